The maximum atomic E-state index is 11.9. The second-order valence-corrected chi connectivity index (χ2v) is 4.98. The molecule has 2 aromatic heterocycles. The minimum absolute atomic E-state index is 0.337. The van der Waals surface area contributed by atoms with Crippen molar-refractivity contribution >= 4 is 10.9 Å². The fourth-order valence-electron chi connectivity index (χ4n) is 2.45. The summed E-state index contributed by atoms with van der Waals surface area (Å²) in [5.41, 5.74) is 1.61. The van der Waals surface area contributed by atoms with Gasteiger partial charge in [-0.3, -0.25) is 19.0 Å². The molecule has 0 fully saturated rings. The first-order chi connectivity index (χ1) is 10.1. The summed E-state index contributed by atoms with van der Waals surface area (Å²) in [5.74, 6) is 0. The zero-order valence-electron chi connectivity index (χ0n) is 12.0. The number of aromatic amines is 1. The van der Waals surface area contributed by atoms with Crippen molar-refractivity contribution in [1.82, 2.24) is 19.3 Å². The molecule has 0 amide bonds. The molecule has 6 heteroatoms. The fraction of sp³-hybridized carbons (Fsp3) is 0.267. The van der Waals surface area contributed by atoms with Gasteiger partial charge in [-0.25, -0.2) is 4.79 Å². The molecule has 0 atom stereocenters. The second kappa shape index (κ2) is 5.05. The molecule has 1 aromatic carbocycles. The number of nitrogens with zero attached hydrogens (tertiary/aromatic N) is 3. The number of H-pyrrole nitrogens is 1. The number of nitrogens with one attached hydrogen (secondary N) is 1. The highest BCUT2D eigenvalue weighted by atomic mass is 16.2. The standard InChI is InChI=1S/C15H16N4O2/c1-3-19-13-7-5-4-6-11(13)12(17-19)9-18-8-10(2)14(20)16-15(18)21/h4-8H,3,9H2,1-2H3,(H,16,20,21). The Balaban J connectivity index is 2.13. The molecule has 0 bridgehead atoms. The molecule has 0 saturated heterocycles. The largest absolute Gasteiger partial charge is 0.328 e. The summed E-state index contributed by atoms with van der Waals surface area (Å²) in [5, 5.41) is 5.58. The lowest BCUT2D eigenvalue weighted by Gasteiger charge is -2.04. The quantitative estimate of drug-likeness (QED) is 0.787. The van der Waals surface area contributed by atoms with Crippen molar-refractivity contribution in [2.75, 3.05) is 0 Å². The average Bonchev–Trinajstić information content (AvgIpc) is 2.83. The van der Waals surface area contributed by atoms with E-state index in [9.17, 15) is 9.59 Å². The van der Waals surface area contributed by atoms with E-state index in [1.165, 1.54) is 4.57 Å². The predicted molar refractivity (Wildman–Crippen MR) is 80.6 cm³/mol. The van der Waals surface area contributed by atoms with Crippen molar-refractivity contribution in [1.29, 1.82) is 0 Å². The van der Waals surface area contributed by atoms with Crippen LogP contribution < -0.4 is 11.2 Å². The van der Waals surface area contributed by atoms with Gasteiger partial charge in [0.15, 0.2) is 0 Å². The van der Waals surface area contributed by atoms with Gasteiger partial charge in [-0.2, -0.15) is 5.10 Å². The number of aromatic nitrogens is 4. The van der Waals surface area contributed by atoms with E-state index in [-0.39, 0.29) is 5.56 Å². The average molecular weight is 284 g/mol. The Morgan fingerprint density at radius 3 is 2.76 bits per heavy atom. The summed E-state index contributed by atoms with van der Waals surface area (Å²) < 4.78 is 3.39. The summed E-state index contributed by atoms with van der Waals surface area (Å²) in [6, 6.07) is 7.92. The molecule has 21 heavy (non-hydrogen) atoms. The minimum Gasteiger partial charge on any atom is -0.294 e. The first-order valence-corrected chi connectivity index (χ1v) is 6.85. The molecule has 0 saturated carbocycles. The van der Waals surface area contributed by atoms with Gasteiger partial charge < -0.3 is 0 Å². The van der Waals surface area contributed by atoms with E-state index in [0.29, 0.717) is 12.1 Å². The summed E-state index contributed by atoms with van der Waals surface area (Å²) in [7, 11) is 0. The molecule has 0 aliphatic carbocycles. The van der Waals surface area contributed by atoms with Crippen LogP contribution >= 0.6 is 0 Å². The van der Waals surface area contributed by atoms with E-state index in [0.717, 1.165) is 23.1 Å². The highest BCUT2D eigenvalue weighted by Crippen LogP contribution is 2.18. The van der Waals surface area contributed by atoms with E-state index in [4.69, 9.17) is 0 Å². The molecule has 0 aliphatic rings. The zero-order chi connectivity index (χ0) is 15.0. The smallest absolute Gasteiger partial charge is 0.294 e. The summed E-state index contributed by atoms with van der Waals surface area (Å²) in [4.78, 5) is 25.6. The first-order valence-electron chi connectivity index (χ1n) is 6.85. The van der Waals surface area contributed by atoms with Crippen LogP contribution in [0.4, 0.5) is 0 Å². The lowest BCUT2D eigenvalue weighted by molar-refractivity contribution is 0.639. The number of fused-ring (bicyclic) bond motifs is 1. The van der Waals surface area contributed by atoms with Gasteiger partial charge in [-0.15, -0.1) is 0 Å². The van der Waals surface area contributed by atoms with Crippen LogP contribution in [0.2, 0.25) is 0 Å². The Labute approximate surface area is 120 Å². The summed E-state index contributed by atoms with van der Waals surface area (Å²) in [6.07, 6.45) is 1.57. The van der Waals surface area contributed by atoms with Gasteiger partial charge in [0.05, 0.1) is 17.8 Å². The van der Waals surface area contributed by atoms with Gasteiger partial charge in [-0.05, 0) is 19.9 Å². The maximum Gasteiger partial charge on any atom is 0.328 e. The minimum atomic E-state index is -0.416. The van der Waals surface area contributed by atoms with Crippen LogP contribution in [0.1, 0.15) is 18.2 Å². The van der Waals surface area contributed by atoms with E-state index < -0.39 is 5.69 Å². The third kappa shape index (κ3) is 2.29. The molecule has 3 rings (SSSR count). The van der Waals surface area contributed by atoms with E-state index in [1.807, 2.05) is 35.9 Å². The van der Waals surface area contributed by atoms with Crippen molar-refractivity contribution in [3.05, 3.63) is 62.6 Å². The molecular weight excluding hydrogens is 268 g/mol. The monoisotopic (exact) mass is 284 g/mol. The van der Waals surface area contributed by atoms with E-state index in [2.05, 4.69) is 10.1 Å². The number of benzene rings is 1. The van der Waals surface area contributed by atoms with Crippen LogP contribution in [0.3, 0.4) is 0 Å². The van der Waals surface area contributed by atoms with Crippen LogP contribution in [-0.2, 0) is 13.1 Å². The van der Waals surface area contributed by atoms with Gasteiger partial charge in [0, 0.05) is 23.7 Å². The Morgan fingerprint density at radius 2 is 2.00 bits per heavy atom. The number of rotatable bonds is 3. The molecule has 1 N–H and O–H groups in total. The number of hydrogen-bond donors (Lipinski definition) is 1. The normalized spacial score (nSPS) is 11.1. The van der Waals surface area contributed by atoms with Gasteiger partial charge in [0.2, 0.25) is 0 Å². The topological polar surface area (TPSA) is 72.7 Å². The fourth-order valence-corrected chi connectivity index (χ4v) is 2.45. The molecule has 0 aliphatic heterocycles. The van der Waals surface area contributed by atoms with Crippen LogP contribution in [0.5, 0.6) is 0 Å². The van der Waals surface area contributed by atoms with E-state index in [1.54, 1.807) is 13.1 Å². The van der Waals surface area contributed by atoms with Gasteiger partial charge in [-0.1, -0.05) is 18.2 Å². The Bertz CT molecular complexity index is 917. The summed E-state index contributed by atoms with van der Waals surface area (Å²) >= 11 is 0. The van der Waals surface area contributed by atoms with Crippen molar-refractivity contribution in [2.45, 2.75) is 26.9 Å². The maximum absolute atomic E-state index is 11.9. The lowest BCUT2D eigenvalue weighted by atomic mass is 10.2. The SMILES string of the molecule is CCn1nc(Cn2cc(C)c(=O)[nH]c2=O)c2ccccc21. The van der Waals surface area contributed by atoms with Crippen molar-refractivity contribution in [3.63, 3.8) is 0 Å². The lowest BCUT2D eigenvalue weighted by Crippen LogP contribution is -2.31. The first kappa shape index (κ1) is 13.4. The zero-order valence-corrected chi connectivity index (χ0v) is 12.0. The molecule has 108 valence electrons. The van der Waals surface area contributed by atoms with Crippen molar-refractivity contribution < 1.29 is 0 Å². The molecule has 6 nitrogen and oxygen atoms in total. The van der Waals surface area contributed by atoms with Crippen LogP contribution in [-0.4, -0.2) is 19.3 Å². The van der Waals surface area contributed by atoms with Crippen LogP contribution in [0, 0.1) is 6.92 Å². The molecule has 0 radical (unpaired) electrons. The third-order valence-electron chi connectivity index (χ3n) is 3.54. The Kier molecular flexibility index (Phi) is 3.21. The van der Waals surface area contributed by atoms with Crippen molar-refractivity contribution in [3.8, 4) is 0 Å². The molecule has 0 spiro atoms. The third-order valence-corrected chi connectivity index (χ3v) is 3.54. The van der Waals surface area contributed by atoms with Gasteiger partial charge >= 0.3 is 5.69 Å². The Hall–Kier alpha value is -2.63. The number of para-hydroxylation sites is 1. The van der Waals surface area contributed by atoms with Gasteiger partial charge in [0.25, 0.3) is 5.56 Å². The van der Waals surface area contributed by atoms with Crippen LogP contribution in [0.15, 0.2) is 40.1 Å². The van der Waals surface area contributed by atoms with Crippen molar-refractivity contribution in [2.24, 2.45) is 0 Å². The highest BCUT2D eigenvalue weighted by molar-refractivity contribution is 5.81. The second-order valence-electron chi connectivity index (χ2n) is 4.98. The molecule has 3 aromatic rings. The highest BCUT2D eigenvalue weighted by Gasteiger charge is 2.11. The number of hydrogen-bond acceptors (Lipinski definition) is 3. The molecule has 2 heterocycles. The molecule has 0 unspecified atom stereocenters. The van der Waals surface area contributed by atoms with E-state index >= 15 is 0 Å². The number of aryl methyl sites for hydroxylation is 2. The van der Waals surface area contributed by atoms with Gasteiger partial charge in [0.1, 0.15) is 0 Å². The molecular formula is C15H16N4O2. The predicted octanol–water partition coefficient (Wildman–Crippen LogP) is 1.26. The Morgan fingerprint density at radius 1 is 1.24 bits per heavy atom. The van der Waals surface area contributed by atoms with Crippen LogP contribution in [0.25, 0.3) is 10.9 Å². The summed E-state index contributed by atoms with van der Waals surface area (Å²) in [6.45, 7) is 4.81.